The summed E-state index contributed by atoms with van der Waals surface area (Å²) in [5.74, 6) is 0.861. The lowest BCUT2D eigenvalue weighted by Gasteiger charge is -2.31. The average Bonchev–Trinajstić information content (AvgIpc) is 2.93. The van der Waals surface area contributed by atoms with Crippen LogP contribution in [0, 0.1) is 11.3 Å². The highest BCUT2D eigenvalue weighted by molar-refractivity contribution is 5.68. The Kier molecular flexibility index (Phi) is 4.09. The number of amides is 1. The van der Waals surface area contributed by atoms with Crippen LogP contribution in [-0.2, 0) is 4.74 Å². The Hall–Kier alpha value is -0.770. The molecule has 2 aliphatic rings. The van der Waals surface area contributed by atoms with Crippen LogP contribution >= 0.6 is 0 Å². The first-order valence-electron chi connectivity index (χ1n) is 7.49. The van der Waals surface area contributed by atoms with E-state index in [-0.39, 0.29) is 6.09 Å². The fourth-order valence-electron chi connectivity index (χ4n) is 3.39. The monoisotopic (exact) mass is 268 g/mol. The summed E-state index contributed by atoms with van der Waals surface area (Å²) in [7, 11) is 2.03. The molecule has 0 bridgehead atoms. The van der Waals surface area contributed by atoms with E-state index >= 15 is 0 Å². The fraction of sp³-hybridized carbons (Fsp3) is 0.933. The van der Waals surface area contributed by atoms with E-state index in [1.807, 2.05) is 27.8 Å². The Labute approximate surface area is 116 Å². The lowest BCUT2D eigenvalue weighted by molar-refractivity contribution is 0.0483. The van der Waals surface area contributed by atoms with Crippen molar-refractivity contribution in [3.63, 3.8) is 0 Å². The Bertz CT molecular complexity index is 328. The van der Waals surface area contributed by atoms with E-state index in [9.17, 15) is 4.79 Å². The number of hydrogen-bond donors (Lipinski definition) is 2. The van der Waals surface area contributed by atoms with Gasteiger partial charge in [-0.15, -0.1) is 0 Å². The van der Waals surface area contributed by atoms with E-state index in [2.05, 4.69) is 10.6 Å². The van der Waals surface area contributed by atoms with Crippen LogP contribution < -0.4 is 10.6 Å². The maximum absolute atomic E-state index is 11.7. The molecular formula is C15H28N2O2. The van der Waals surface area contributed by atoms with Gasteiger partial charge in [0.2, 0.25) is 0 Å². The van der Waals surface area contributed by atoms with Gasteiger partial charge in [0.05, 0.1) is 0 Å². The van der Waals surface area contributed by atoms with Gasteiger partial charge in [-0.3, -0.25) is 0 Å². The number of hydrogen-bond acceptors (Lipinski definition) is 3. The molecule has 2 rings (SSSR count). The van der Waals surface area contributed by atoms with Crippen LogP contribution in [0.3, 0.4) is 0 Å². The zero-order chi connectivity index (χ0) is 14.1. The SMILES string of the molecule is CNCC1CC12CCC(NC(=O)OC(C)(C)C)CC2. The van der Waals surface area contributed by atoms with Gasteiger partial charge in [-0.05, 0) is 77.8 Å². The van der Waals surface area contributed by atoms with Crippen molar-refractivity contribution in [1.29, 1.82) is 0 Å². The Balaban J connectivity index is 1.71. The second-order valence-electron chi connectivity index (χ2n) is 7.24. The highest BCUT2D eigenvalue weighted by Gasteiger charge is 2.54. The second-order valence-corrected chi connectivity index (χ2v) is 7.24. The van der Waals surface area contributed by atoms with Crippen LogP contribution in [0.5, 0.6) is 0 Å². The van der Waals surface area contributed by atoms with E-state index in [0.717, 1.165) is 25.3 Å². The Morgan fingerprint density at radius 2 is 1.95 bits per heavy atom. The molecule has 110 valence electrons. The van der Waals surface area contributed by atoms with Gasteiger partial charge in [-0.1, -0.05) is 0 Å². The summed E-state index contributed by atoms with van der Waals surface area (Å²) < 4.78 is 5.31. The van der Waals surface area contributed by atoms with Crippen molar-refractivity contribution in [2.45, 2.75) is 64.5 Å². The molecule has 2 aliphatic carbocycles. The molecule has 1 amide bonds. The average molecular weight is 268 g/mol. The summed E-state index contributed by atoms with van der Waals surface area (Å²) in [6.45, 7) is 6.84. The minimum atomic E-state index is -0.408. The van der Waals surface area contributed by atoms with E-state index in [4.69, 9.17) is 4.74 Å². The number of carbonyl (C=O) groups excluding carboxylic acids is 1. The molecule has 0 heterocycles. The van der Waals surface area contributed by atoms with Crippen molar-refractivity contribution in [3.8, 4) is 0 Å². The number of alkyl carbamates (subject to hydrolysis) is 1. The van der Waals surface area contributed by atoms with Gasteiger partial charge in [-0.25, -0.2) is 4.79 Å². The summed E-state index contributed by atoms with van der Waals surface area (Å²) in [6, 6.07) is 0.302. The summed E-state index contributed by atoms with van der Waals surface area (Å²) in [4.78, 5) is 11.7. The molecule has 0 aliphatic heterocycles. The maximum Gasteiger partial charge on any atom is 0.407 e. The summed E-state index contributed by atoms with van der Waals surface area (Å²) in [5.41, 5.74) is 0.184. The summed E-state index contributed by atoms with van der Waals surface area (Å²) >= 11 is 0. The number of carbonyl (C=O) groups is 1. The molecular weight excluding hydrogens is 240 g/mol. The van der Waals surface area contributed by atoms with Crippen LogP contribution in [-0.4, -0.2) is 31.3 Å². The zero-order valence-electron chi connectivity index (χ0n) is 12.7. The van der Waals surface area contributed by atoms with E-state index < -0.39 is 5.60 Å². The molecule has 0 aromatic carbocycles. The van der Waals surface area contributed by atoms with Crippen LogP contribution in [0.2, 0.25) is 0 Å². The Morgan fingerprint density at radius 1 is 1.32 bits per heavy atom. The third kappa shape index (κ3) is 3.85. The molecule has 4 nitrogen and oxygen atoms in total. The van der Waals surface area contributed by atoms with Gasteiger partial charge < -0.3 is 15.4 Å². The van der Waals surface area contributed by atoms with E-state index in [1.165, 1.54) is 19.3 Å². The van der Waals surface area contributed by atoms with Crippen molar-refractivity contribution < 1.29 is 9.53 Å². The molecule has 1 spiro atoms. The lowest BCUT2D eigenvalue weighted by atomic mass is 9.82. The molecule has 19 heavy (non-hydrogen) atoms. The maximum atomic E-state index is 11.7. The van der Waals surface area contributed by atoms with Crippen molar-refractivity contribution in [3.05, 3.63) is 0 Å². The van der Waals surface area contributed by atoms with Crippen LogP contribution in [0.4, 0.5) is 4.79 Å². The lowest BCUT2D eigenvalue weighted by Crippen LogP contribution is -2.41. The van der Waals surface area contributed by atoms with Crippen LogP contribution in [0.1, 0.15) is 52.9 Å². The standard InChI is InChI=1S/C15H28N2O2/c1-14(2,3)19-13(18)17-12-5-7-15(8-6-12)9-11(15)10-16-4/h11-12,16H,5-10H2,1-4H3,(H,17,18). The van der Waals surface area contributed by atoms with E-state index in [0.29, 0.717) is 11.5 Å². The second kappa shape index (κ2) is 5.31. The third-order valence-electron chi connectivity index (χ3n) is 4.51. The van der Waals surface area contributed by atoms with Gasteiger partial charge in [0.25, 0.3) is 0 Å². The largest absolute Gasteiger partial charge is 0.444 e. The van der Waals surface area contributed by atoms with Gasteiger partial charge in [-0.2, -0.15) is 0 Å². The van der Waals surface area contributed by atoms with Crippen molar-refractivity contribution >= 4 is 6.09 Å². The Morgan fingerprint density at radius 3 is 2.47 bits per heavy atom. The quantitative estimate of drug-likeness (QED) is 0.827. The summed E-state index contributed by atoms with van der Waals surface area (Å²) in [5, 5.41) is 6.29. The fourth-order valence-corrected chi connectivity index (χ4v) is 3.39. The number of ether oxygens (including phenoxy) is 1. The molecule has 2 saturated carbocycles. The molecule has 0 radical (unpaired) electrons. The van der Waals surface area contributed by atoms with Crippen molar-refractivity contribution in [1.82, 2.24) is 10.6 Å². The highest BCUT2D eigenvalue weighted by Crippen LogP contribution is 2.60. The van der Waals surface area contributed by atoms with Gasteiger partial charge in [0, 0.05) is 6.04 Å². The molecule has 0 aromatic heterocycles. The van der Waals surface area contributed by atoms with Gasteiger partial charge >= 0.3 is 6.09 Å². The molecule has 2 fully saturated rings. The van der Waals surface area contributed by atoms with Gasteiger partial charge in [0.1, 0.15) is 5.60 Å². The first-order chi connectivity index (χ1) is 8.85. The molecule has 0 saturated heterocycles. The number of rotatable bonds is 3. The third-order valence-corrected chi connectivity index (χ3v) is 4.51. The number of nitrogens with one attached hydrogen (secondary N) is 2. The van der Waals surface area contributed by atoms with Gasteiger partial charge in [0.15, 0.2) is 0 Å². The predicted octanol–water partition coefficient (Wildman–Crippen LogP) is 2.68. The van der Waals surface area contributed by atoms with Crippen LogP contribution in [0.15, 0.2) is 0 Å². The molecule has 1 atom stereocenters. The smallest absolute Gasteiger partial charge is 0.407 e. The van der Waals surface area contributed by atoms with Crippen molar-refractivity contribution in [2.75, 3.05) is 13.6 Å². The zero-order valence-corrected chi connectivity index (χ0v) is 12.7. The minimum absolute atomic E-state index is 0.268. The normalized spacial score (nSPS) is 34.1. The highest BCUT2D eigenvalue weighted by atomic mass is 16.6. The topological polar surface area (TPSA) is 50.4 Å². The summed E-state index contributed by atoms with van der Waals surface area (Å²) in [6.07, 6.45) is 5.79. The van der Waals surface area contributed by atoms with E-state index in [1.54, 1.807) is 0 Å². The molecule has 0 aromatic rings. The molecule has 4 heteroatoms. The first kappa shape index (κ1) is 14.6. The molecule has 2 N–H and O–H groups in total. The minimum Gasteiger partial charge on any atom is -0.444 e. The first-order valence-corrected chi connectivity index (χ1v) is 7.49. The van der Waals surface area contributed by atoms with Crippen molar-refractivity contribution in [2.24, 2.45) is 11.3 Å². The predicted molar refractivity (Wildman–Crippen MR) is 76.1 cm³/mol. The molecule has 1 unspecified atom stereocenters. The van der Waals surface area contributed by atoms with Crippen LogP contribution in [0.25, 0.3) is 0 Å².